The molecule has 4 saturated heterocycles. The van der Waals surface area contributed by atoms with Crippen molar-refractivity contribution in [2.75, 3.05) is 26.4 Å². The molecule has 4 aliphatic heterocycles. The van der Waals surface area contributed by atoms with Gasteiger partial charge in [0.25, 0.3) is 0 Å². The third-order valence-corrected chi connectivity index (χ3v) is 10.1. The van der Waals surface area contributed by atoms with Gasteiger partial charge < -0.3 is 125 Å². The monoisotopic (exact) mass is 841 g/mol. The molecule has 1 amide bonds. The van der Waals surface area contributed by atoms with Gasteiger partial charge in [0.05, 0.1) is 32.5 Å². The van der Waals surface area contributed by atoms with Gasteiger partial charge in [0, 0.05) is 6.92 Å². The first-order valence-electron chi connectivity index (χ1n) is 17.9. The summed E-state index contributed by atoms with van der Waals surface area (Å²) in [5.74, 6) is -0.846. The molecule has 0 saturated carbocycles. The van der Waals surface area contributed by atoms with Crippen molar-refractivity contribution in [2.24, 2.45) is 0 Å². The lowest BCUT2D eigenvalue weighted by atomic mass is 9.94. The lowest BCUT2D eigenvalue weighted by Gasteiger charge is -2.50. The lowest BCUT2D eigenvalue weighted by Crippen LogP contribution is -2.70. The maximum absolute atomic E-state index is 12.6. The van der Waals surface area contributed by atoms with Gasteiger partial charge in [-0.15, -0.1) is 0 Å². The molecule has 334 valence electrons. The Morgan fingerprint density at radius 2 is 1.09 bits per heavy atom. The van der Waals surface area contributed by atoms with Gasteiger partial charge in [-0.1, -0.05) is 0 Å². The summed E-state index contributed by atoms with van der Waals surface area (Å²) in [7, 11) is 0. The Morgan fingerprint density at radius 1 is 0.579 bits per heavy atom. The lowest BCUT2D eigenvalue weighted by molar-refractivity contribution is -0.388. The first kappa shape index (κ1) is 48.2. The molecule has 0 aromatic heterocycles. The highest BCUT2D eigenvalue weighted by Crippen LogP contribution is 2.35. The summed E-state index contributed by atoms with van der Waals surface area (Å²) in [6.45, 7) is -1.69. The Hall–Kier alpha value is -1.49. The summed E-state index contributed by atoms with van der Waals surface area (Å²) in [4.78, 5) is 12.6. The summed E-state index contributed by atoms with van der Waals surface area (Å²) in [5, 5.41) is 168. The minimum absolute atomic E-state index is 0.846. The number of carbonyl (C=O) groups is 1. The van der Waals surface area contributed by atoms with Crippen molar-refractivity contribution in [3.05, 3.63) is 0 Å². The molecule has 26 heteroatoms. The van der Waals surface area contributed by atoms with Gasteiger partial charge in [-0.25, -0.2) is 0 Å². The van der Waals surface area contributed by atoms with Gasteiger partial charge in [0.1, 0.15) is 110 Å². The number of carbonyl (C=O) groups excluding carboxylic acids is 1. The summed E-state index contributed by atoms with van der Waals surface area (Å²) >= 11 is 0. The molecule has 0 spiro atoms. The maximum Gasteiger partial charge on any atom is 0.217 e. The third-order valence-electron chi connectivity index (χ3n) is 10.1. The second-order valence-corrected chi connectivity index (χ2v) is 14.1. The van der Waals surface area contributed by atoms with E-state index in [1.807, 2.05) is 0 Å². The van der Waals surface area contributed by atoms with Crippen molar-refractivity contribution in [3.8, 4) is 0 Å². The van der Waals surface area contributed by atoms with Gasteiger partial charge in [-0.05, 0) is 6.92 Å². The van der Waals surface area contributed by atoms with Crippen LogP contribution in [-0.2, 0) is 42.7 Å². The van der Waals surface area contributed by atoms with Crippen molar-refractivity contribution < 1.29 is 124 Å². The van der Waals surface area contributed by atoms with E-state index in [2.05, 4.69) is 5.32 Å². The van der Waals surface area contributed by atoms with Gasteiger partial charge in [-0.2, -0.15) is 0 Å². The van der Waals surface area contributed by atoms with E-state index in [4.69, 9.17) is 37.9 Å². The number of amides is 1. The van der Waals surface area contributed by atoms with Crippen molar-refractivity contribution in [3.63, 3.8) is 0 Å². The molecule has 17 N–H and O–H groups in total. The van der Waals surface area contributed by atoms with E-state index in [1.165, 1.54) is 6.92 Å². The molecule has 0 radical (unpaired) electrons. The number of aliphatic hydroxyl groups excluding tert-OH is 15. The van der Waals surface area contributed by atoms with Crippen LogP contribution in [0.4, 0.5) is 0 Å². The van der Waals surface area contributed by atoms with E-state index >= 15 is 0 Å². The molecule has 0 aromatic carbocycles. The molecule has 0 bridgehead atoms. The molecule has 57 heavy (non-hydrogen) atoms. The fourth-order valence-corrected chi connectivity index (χ4v) is 6.79. The normalized spacial score (nSPS) is 46.0. The molecule has 0 aromatic rings. The SMILES string of the molecule is CC(=O)N[C@H]1[C@H](O[C@@H]2[C@@H](O)[C@@H](CO)O[C@@H](O[C@@H]([C@H](O)CO)[C@H](O)C(O)O)[C@@H]2O)O[C@H](CO)[C@@H](O)[C@@H]1O[C@H]1O[C@H](CO)[C@H](O)[C@H](O)[C@H]1O[C@H]1O[C@@H](C)[C@@H](O)[C@@H](O)[C@@H]1O. The Labute approximate surface area is 323 Å². The van der Waals surface area contributed by atoms with Crippen molar-refractivity contribution in [1.82, 2.24) is 5.32 Å². The number of hydrogen-bond acceptors (Lipinski definition) is 25. The van der Waals surface area contributed by atoms with E-state index in [0.717, 1.165) is 6.92 Å². The second-order valence-electron chi connectivity index (χ2n) is 14.1. The standard InChI is InChI=1S/C31H55NO25/c1-7-14(39)18(43)20(45)29(50-7)57-26-19(44)15(40)10(4-34)53-31(26)55-24-13(32-8(2)37)28(51-11(5-35)16(24)41)56-25-17(42)12(6-36)52-30(22(25)47)54-23(9(38)3-33)21(46)27(48)49/h7,9-31,33-36,38-49H,3-6H2,1-2H3,(H,32,37)/t7-,9+,10+,11+,12+,13+,14+,15-,16+,17-,18+,19-,20-,21-,22+,23-,24+,25+,26+,28-,29+,30-,31+/m0/s1. The third kappa shape index (κ3) is 10.7. The molecule has 4 heterocycles. The summed E-state index contributed by atoms with van der Waals surface area (Å²) in [6, 6.07) is -1.75. The van der Waals surface area contributed by atoms with Crippen LogP contribution < -0.4 is 5.32 Å². The van der Waals surface area contributed by atoms with Crippen LogP contribution in [0.5, 0.6) is 0 Å². The van der Waals surface area contributed by atoms with Crippen LogP contribution in [0.3, 0.4) is 0 Å². The highest BCUT2D eigenvalue weighted by molar-refractivity contribution is 5.73. The highest BCUT2D eigenvalue weighted by atomic mass is 16.8. The fraction of sp³-hybridized carbons (Fsp3) is 0.968. The van der Waals surface area contributed by atoms with E-state index < -0.39 is 180 Å². The summed E-state index contributed by atoms with van der Waals surface area (Å²) in [6.07, 6.45) is -44.0. The van der Waals surface area contributed by atoms with E-state index in [0.29, 0.717) is 0 Å². The summed E-state index contributed by atoms with van der Waals surface area (Å²) < 4.78 is 45.2. The molecular formula is C31H55NO25. The zero-order valence-electron chi connectivity index (χ0n) is 30.5. The minimum atomic E-state index is -2.55. The average Bonchev–Trinajstić information content (AvgIpc) is 3.17. The molecule has 0 unspecified atom stereocenters. The first-order valence-corrected chi connectivity index (χ1v) is 17.9. The molecule has 4 rings (SSSR count). The molecule has 4 fully saturated rings. The van der Waals surface area contributed by atoms with Crippen LogP contribution >= 0.6 is 0 Å². The second kappa shape index (κ2) is 20.9. The molecular weight excluding hydrogens is 786 g/mol. The van der Waals surface area contributed by atoms with Crippen LogP contribution in [0.1, 0.15) is 13.8 Å². The smallest absolute Gasteiger partial charge is 0.217 e. The molecule has 26 nitrogen and oxygen atoms in total. The minimum Gasteiger partial charge on any atom is -0.394 e. The number of rotatable bonds is 16. The summed E-state index contributed by atoms with van der Waals surface area (Å²) in [5.41, 5.74) is 0. The molecule has 4 aliphatic rings. The van der Waals surface area contributed by atoms with E-state index in [9.17, 15) is 86.5 Å². The van der Waals surface area contributed by atoms with Crippen molar-refractivity contribution in [2.45, 2.75) is 161 Å². The zero-order chi connectivity index (χ0) is 42.6. The predicted molar refractivity (Wildman–Crippen MR) is 174 cm³/mol. The number of nitrogens with one attached hydrogen (secondary N) is 1. The zero-order valence-corrected chi connectivity index (χ0v) is 30.5. The Kier molecular flexibility index (Phi) is 17.6. The predicted octanol–water partition coefficient (Wildman–Crippen LogP) is -11.2. The Bertz CT molecular complexity index is 1240. The van der Waals surface area contributed by atoms with Crippen LogP contribution in [0.25, 0.3) is 0 Å². The molecule has 0 aliphatic carbocycles. The Morgan fingerprint density at radius 3 is 1.63 bits per heavy atom. The number of aliphatic hydroxyl groups is 16. The highest BCUT2D eigenvalue weighted by Gasteiger charge is 2.56. The molecule has 23 atom stereocenters. The maximum atomic E-state index is 12.6. The fourth-order valence-electron chi connectivity index (χ4n) is 6.79. The van der Waals surface area contributed by atoms with Gasteiger partial charge in [-0.3, -0.25) is 4.79 Å². The van der Waals surface area contributed by atoms with Crippen LogP contribution in [0.2, 0.25) is 0 Å². The Balaban J connectivity index is 1.68. The quantitative estimate of drug-likeness (QED) is 0.0642. The topological polar surface area (TPSA) is 427 Å². The van der Waals surface area contributed by atoms with Gasteiger partial charge in [0.2, 0.25) is 5.91 Å². The number of hydrogen-bond donors (Lipinski definition) is 17. The van der Waals surface area contributed by atoms with Crippen LogP contribution in [-0.4, -0.2) is 261 Å². The van der Waals surface area contributed by atoms with Crippen molar-refractivity contribution >= 4 is 5.91 Å². The number of ether oxygens (including phenoxy) is 8. The van der Waals surface area contributed by atoms with E-state index in [-0.39, 0.29) is 0 Å². The van der Waals surface area contributed by atoms with Crippen molar-refractivity contribution in [1.29, 1.82) is 0 Å². The van der Waals surface area contributed by atoms with E-state index in [1.54, 1.807) is 0 Å². The van der Waals surface area contributed by atoms with Gasteiger partial charge in [0.15, 0.2) is 31.5 Å². The van der Waals surface area contributed by atoms with Crippen LogP contribution in [0, 0.1) is 0 Å². The first-order chi connectivity index (χ1) is 26.8. The van der Waals surface area contributed by atoms with Gasteiger partial charge >= 0.3 is 0 Å². The average molecular weight is 842 g/mol. The largest absolute Gasteiger partial charge is 0.394 e. The van der Waals surface area contributed by atoms with Crippen LogP contribution in [0.15, 0.2) is 0 Å².